The average molecular weight is 322 g/mol. The summed E-state index contributed by atoms with van der Waals surface area (Å²) in [7, 11) is 0. The topological polar surface area (TPSA) is 67.8 Å². The third-order valence-corrected chi connectivity index (χ3v) is 7.23. The lowest BCUT2D eigenvalue weighted by Crippen LogP contribution is -2.51. The van der Waals surface area contributed by atoms with E-state index >= 15 is 0 Å². The fraction of sp³-hybridized carbons (Fsp3) is 0.947. The summed E-state index contributed by atoms with van der Waals surface area (Å²) in [6, 6.07) is 0. The molecule has 132 valence electrons. The van der Waals surface area contributed by atoms with E-state index in [0.29, 0.717) is 19.1 Å². The number of hydrogen-bond acceptors (Lipinski definition) is 4. The molecule has 3 rings (SSSR count). The van der Waals surface area contributed by atoms with Gasteiger partial charge in [-0.3, -0.25) is 0 Å². The lowest BCUT2D eigenvalue weighted by atomic mass is 9.57. The molecule has 0 amide bonds. The first-order valence-electron chi connectivity index (χ1n) is 9.67. The molecule has 0 aromatic carbocycles. The molecule has 0 saturated heterocycles. The van der Waals surface area contributed by atoms with Gasteiger partial charge in [-0.05, 0) is 43.9 Å². The molecular weight excluding hydrogens is 288 g/mol. The molecule has 0 aliphatic heterocycles. The standard InChI is InChI=1S/C19H34N2O2/c1-18-9-7-16(15-5-3-2-4-6-15)13-19(18,22)10-8-17(18)14-21-23-12-11-20/h14-17,22H,2-13,20H2,1H3/b21-14+/t16-,17+,18+,19-/m0/s1. The molecule has 0 aromatic heterocycles. The maximum atomic E-state index is 11.4. The zero-order chi connectivity index (χ0) is 16.3. The maximum Gasteiger partial charge on any atom is 0.129 e. The third-order valence-electron chi connectivity index (χ3n) is 7.23. The van der Waals surface area contributed by atoms with Gasteiger partial charge < -0.3 is 15.7 Å². The minimum atomic E-state index is -0.502. The second kappa shape index (κ2) is 7.10. The normalized spacial score (nSPS) is 42.0. The van der Waals surface area contributed by atoms with Gasteiger partial charge in [-0.25, -0.2) is 0 Å². The summed E-state index contributed by atoms with van der Waals surface area (Å²) in [6.07, 6.45) is 14.2. The van der Waals surface area contributed by atoms with Crippen molar-refractivity contribution >= 4 is 6.21 Å². The fourth-order valence-electron chi connectivity index (χ4n) is 5.59. The fourth-order valence-corrected chi connectivity index (χ4v) is 5.59. The number of aliphatic hydroxyl groups is 1. The highest BCUT2D eigenvalue weighted by molar-refractivity contribution is 5.62. The van der Waals surface area contributed by atoms with Crippen LogP contribution in [0.1, 0.15) is 71.1 Å². The van der Waals surface area contributed by atoms with Gasteiger partial charge >= 0.3 is 0 Å². The van der Waals surface area contributed by atoms with Gasteiger partial charge in [0, 0.05) is 24.1 Å². The van der Waals surface area contributed by atoms with Crippen molar-refractivity contribution < 1.29 is 9.94 Å². The molecule has 3 aliphatic carbocycles. The molecule has 0 heterocycles. The second-order valence-corrected chi connectivity index (χ2v) is 8.37. The number of nitrogens with zero attached hydrogens (tertiary/aromatic N) is 1. The lowest BCUT2D eigenvalue weighted by molar-refractivity contribution is -0.115. The first-order chi connectivity index (χ1) is 11.1. The van der Waals surface area contributed by atoms with Gasteiger partial charge in [0.2, 0.25) is 0 Å². The van der Waals surface area contributed by atoms with Crippen molar-refractivity contribution in [2.45, 2.75) is 76.7 Å². The van der Waals surface area contributed by atoms with E-state index in [2.05, 4.69) is 12.1 Å². The third kappa shape index (κ3) is 3.30. The maximum absolute atomic E-state index is 11.4. The minimum absolute atomic E-state index is 0.0340. The number of nitrogens with two attached hydrogens (primary N) is 1. The van der Waals surface area contributed by atoms with Crippen molar-refractivity contribution in [3.8, 4) is 0 Å². The number of oxime groups is 1. The number of fused-ring (bicyclic) bond motifs is 1. The zero-order valence-electron chi connectivity index (χ0n) is 14.7. The Labute approximate surface area is 140 Å². The molecule has 3 aliphatic rings. The van der Waals surface area contributed by atoms with Gasteiger partial charge in [0.15, 0.2) is 0 Å². The van der Waals surface area contributed by atoms with Crippen LogP contribution in [0.4, 0.5) is 0 Å². The molecule has 0 aromatic rings. The van der Waals surface area contributed by atoms with Gasteiger partial charge in [-0.2, -0.15) is 0 Å². The van der Waals surface area contributed by atoms with E-state index in [4.69, 9.17) is 10.6 Å². The molecule has 3 N–H and O–H groups in total. The average Bonchev–Trinajstić information content (AvgIpc) is 2.83. The van der Waals surface area contributed by atoms with Crippen LogP contribution >= 0.6 is 0 Å². The van der Waals surface area contributed by atoms with Crippen LogP contribution in [0.25, 0.3) is 0 Å². The van der Waals surface area contributed by atoms with Crippen molar-refractivity contribution in [3.63, 3.8) is 0 Å². The summed E-state index contributed by atoms with van der Waals surface area (Å²) >= 11 is 0. The summed E-state index contributed by atoms with van der Waals surface area (Å²) in [6.45, 7) is 3.23. The molecule has 4 heteroatoms. The Kier molecular flexibility index (Phi) is 5.32. The molecule has 0 unspecified atom stereocenters. The van der Waals surface area contributed by atoms with Crippen molar-refractivity contribution in [2.24, 2.45) is 34.1 Å². The Balaban J connectivity index is 1.64. The molecule has 0 bridgehead atoms. The van der Waals surface area contributed by atoms with Crippen molar-refractivity contribution in [1.29, 1.82) is 0 Å². The SMILES string of the molecule is C[C@]12CC[C@H](C3CCCCC3)C[C@@]1(O)CC[C@@H]2/C=N/OCCN. The van der Waals surface area contributed by atoms with Gasteiger partial charge in [0.05, 0.1) is 5.60 Å². The highest BCUT2D eigenvalue weighted by atomic mass is 16.6. The van der Waals surface area contributed by atoms with Crippen LogP contribution in [0, 0.1) is 23.2 Å². The monoisotopic (exact) mass is 322 g/mol. The van der Waals surface area contributed by atoms with E-state index in [9.17, 15) is 5.11 Å². The quantitative estimate of drug-likeness (QED) is 0.462. The Hall–Kier alpha value is -0.610. The van der Waals surface area contributed by atoms with Gasteiger partial charge in [-0.1, -0.05) is 44.2 Å². The zero-order valence-corrected chi connectivity index (χ0v) is 14.7. The van der Waals surface area contributed by atoms with Crippen molar-refractivity contribution in [3.05, 3.63) is 0 Å². The van der Waals surface area contributed by atoms with E-state index in [1.165, 1.54) is 38.5 Å². The number of hydrogen-bond donors (Lipinski definition) is 2. The smallest absolute Gasteiger partial charge is 0.129 e. The predicted molar refractivity (Wildman–Crippen MR) is 93.2 cm³/mol. The number of rotatable bonds is 5. The van der Waals surface area contributed by atoms with Crippen LogP contribution in [0.15, 0.2) is 5.16 Å². The molecule has 3 saturated carbocycles. The Morgan fingerprint density at radius 1 is 1.13 bits per heavy atom. The summed E-state index contributed by atoms with van der Waals surface area (Å²) in [4.78, 5) is 5.18. The van der Waals surface area contributed by atoms with E-state index in [1.807, 2.05) is 6.21 Å². The van der Waals surface area contributed by atoms with Crippen LogP contribution in [0.3, 0.4) is 0 Å². The molecule has 23 heavy (non-hydrogen) atoms. The summed E-state index contributed by atoms with van der Waals surface area (Å²) in [5, 5.41) is 15.5. The van der Waals surface area contributed by atoms with Gasteiger partial charge in [-0.15, -0.1) is 0 Å². The lowest BCUT2D eigenvalue weighted by Gasteiger charge is -2.50. The van der Waals surface area contributed by atoms with Crippen LogP contribution < -0.4 is 5.73 Å². The minimum Gasteiger partial charge on any atom is -0.395 e. The van der Waals surface area contributed by atoms with Crippen LogP contribution in [-0.4, -0.2) is 30.1 Å². The first-order valence-corrected chi connectivity index (χ1v) is 9.67. The summed E-state index contributed by atoms with van der Waals surface area (Å²) in [5.74, 6) is 1.92. The van der Waals surface area contributed by atoms with E-state index in [1.54, 1.807) is 0 Å². The molecule has 3 fully saturated rings. The van der Waals surface area contributed by atoms with Gasteiger partial charge in [0.1, 0.15) is 6.61 Å². The highest BCUT2D eigenvalue weighted by Crippen LogP contribution is 2.60. The Morgan fingerprint density at radius 2 is 1.91 bits per heavy atom. The Morgan fingerprint density at radius 3 is 2.65 bits per heavy atom. The van der Waals surface area contributed by atoms with Crippen molar-refractivity contribution in [1.82, 2.24) is 0 Å². The molecule has 0 radical (unpaired) electrons. The van der Waals surface area contributed by atoms with E-state index in [0.717, 1.165) is 37.5 Å². The van der Waals surface area contributed by atoms with E-state index < -0.39 is 5.60 Å². The largest absolute Gasteiger partial charge is 0.395 e. The highest BCUT2D eigenvalue weighted by Gasteiger charge is 2.59. The first kappa shape index (κ1) is 17.2. The van der Waals surface area contributed by atoms with Crippen LogP contribution in [0.2, 0.25) is 0 Å². The Bertz CT molecular complexity index is 422. The van der Waals surface area contributed by atoms with Crippen molar-refractivity contribution in [2.75, 3.05) is 13.2 Å². The van der Waals surface area contributed by atoms with Gasteiger partial charge in [0.25, 0.3) is 0 Å². The molecule has 4 nitrogen and oxygen atoms in total. The molecular formula is C19H34N2O2. The predicted octanol–water partition coefficient (Wildman–Crippen LogP) is 3.48. The molecule has 0 spiro atoms. The van der Waals surface area contributed by atoms with Crippen LogP contribution in [0.5, 0.6) is 0 Å². The second-order valence-electron chi connectivity index (χ2n) is 8.37. The summed E-state index contributed by atoms with van der Waals surface area (Å²) in [5.41, 5.74) is 4.89. The molecule has 4 atom stereocenters. The van der Waals surface area contributed by atoms with E-state index in [-0.39, 0.29) is 5.41 Å². The summed E-state index contributed by atoms with van der Waals surface area (Å²) < 4.78 is 0. The van der Waals surface area contributed by atoms with Crippen LogP contribution in [-0.2, 0) is 4.84 Å².